The van der Waals surface area contributed by atoms with E-state index in [-0.39, 0.29) is 5.88 Å². The van der Waals surface area contributed by atoms with Crippen molar-refractivity contribution < 1.29 is 19.4 Å². The Kier molecular flexibility index (Phi) is 7.00. The molecule has 1 aliphatic rings. The maximum absolute atomic E-state index is 11.6. The van der Waals surface area contributed by atoms with Gasteiger partial charge in [0, 0.05) is 39.9 Å². The largest absolute Gasteiger partial charge is 0.512 e. The van der Waals surface area contributed by atoms with Crippen molar-refractivity contribution in [1.29, 1.82) is 0 Å². The predicted molar refractivity (Wildman–Crippen MR) is 154 cm³/mol. The number of aryl methyl sites for hydroxylation is 1. The van der Waals surface area contributed by atoms with Gasteiger partial charge in [-0.2, -0.15) is 0 Å². The van der Waals surface area contributed by atoms with Crippen LogP contribution in [0, 0.1) is 0 Å². The smallest absolute Gasteiger partial charge is 0.493 e. The SMILES string of the molecule is O=C(O)Oc1[nH]c2c(-c3cnccc3C3=CCCCC3)cccc2c1CCCOc1cccc2ccccc12. The van der Waals surface area contributed by atoms with Gasteiger partial charge < -0.3 is 19.6 Å². The molecule has 0 saturated heterocycles. The van der Waals surface area contributed by atoms with E-state index in [0.29, 0.717) is 19.4 Å². The number of H-pyrrole nitrogens is 1. The Morgan fingerprint density at radius 3 is 2.64 bits per heavy atom. The summed E-state index contributed by atoms with van der Waals surface area (Å²) in [6, 6.07) is 22.4. The molecule has 3 aromatic carbocycles. The molecule has 6 nitrogen and oxygen atoms in total. The quantitative estimate of drug-likeness (QED) is 0.159. The number of ether oxygens (including phenoxy) is 2. The molecule has 6 rings (SSSR count). The first-order chi connectivity index (χ1) is 19.2. The van der Waals surface area contributed by atoms with E-state index in [2.05, 4.69) is 46.4 Å². The van der Waals surface area contributed by atoms with E-state index in [9.17, 15) is 9.90 Å². The monoisotopic (exact) mass is 518 g/mol. The van der Waals surface area contributed by atoms with Gasteiger partial charge in [-0.15, -0.1) is 0 Å². The van der Waals surface area contributed by atoms with E-state index >= 15 is 0 Å². The molecule has 0 atom stereocenters. The maximum Gasteiger partial charge on any atom is 0.512 e. The van der Waals surface area contributed by atoms with E-state index in [1.165, 1.54) is 24.0 Å². The Balaban J connectivity index is 1.31. The minimum atomic E-state index is -1.34. The number of pyridine rings is 1. The van der Waals surface area contributed by atoms with Crippen LogP contribution in [0.4, 0.5) is 4.79 Å². The standard InChI is InChI=1S/C33H30N2O4/c36-33(37)39-32-28(16-8-20-38-30-17-6-12-23-11-4-5-13-25(23)30)26-14-7-15-27(31(26)35-32)29-21-34-19-18-24(29)22-9-2-1-3-10-22/h4-7,9,11-15,17-19,21,35H,1-3,8,10,16,20H2,(H,36,37). The van der Waals surface area contributed by atoms with E-state index in [4.69, 9.17) is 9.47 Å². The first kappa shape index (κ1) is 24.7. The molecule has 0 bridgehead atoms. The zero-order valence-corrected chi connectivity index (χ0v) is 21.7. The number of aromatic amines is 1. The van der Waals surface area contributed by atoms with Crippen LogP contribution in [0.2, 0.25) is 0 Å². The molecule has 2 aromatic heterocycles. The van der Waals surface area contributed by atoms with Crippen molar-refractivity contribution in [2.75, 3.05) is 6.61 Å². The van der Waals surface area contributed by atoms with Crippen LogP contribution in [0.1, 0.15) is 43.2 Å². The number of hydrogen-bond acceptors (Lipinski definition) is 4. The summed E-state index contributed by atoms with van der Waals surface area (Å²) in [5, 5.41) is 12.6. The number of fused-ring (bicyclic) bond motifs is 2. The molecule has 0 fully saturated rings. The number of para-hydroxylation sites is 1. The second-order valence-electron chi connectivity index (χ2n) is 9.85. The van der Waals surface area contributed by atoms with Crippen molar-refractivity contribution in [2.45, 2.75) is 38.5 Å². The van der Waals surface area contributed by atoms with Crippen molar-refractivity contribution >= 4 is 33.4 Å². The zero-order chi connectivity index (χ0) is 26.6. The molecule has 0 spiro atoms. The number of nitrogens with one attached hydrogen (secondary N) is 1. The molecular formula is C33H30N2O4. The number of carboxylic acid groups (broad SMARTS) is 1. The number of nitrogens with zero attached hydrogens (tertiary/aromatic N) is 1. The summed E-state index contributed by atoms with van der Waals surface area (Å²) in [5.41, 5.74) is 6.22. The van der Waals surface area contributed by atoms with E-state index in [0.717, 1.165) is 57.0 Å². The van der Waals surface area contributed by atoms with Crippen LogP contribution in [0.15, 0.2) is 85.2 Å². The molecule has 5 aromatic rings. The van der Waals surface area contributed by atoms with Crippen LogP contribution >= 0.6 is 0 Å². The van der Waals surface area contributed by atoms with Gasteiger partial charge in [-0.25, -0.2) is 4.79 Å². The van der Waals surface area contributed by atoms with Gasteiger partial charge in [-0.1, -0.05) is 60.7 Å². The number of aromatic nitrogens is 2. The molecule has 0 unspecified atom stereocenters. The average Bonchev–Trinajstić information content (AvgIpc) is 3.32. The number of allylic oxidation sites excluding steroid dienone is 2. The zero-order valence-electron chi connectivity index (χ0n) is 21.7. The van der Waals surface area contributed by atoms with Gasteiger partial charge in [0.1, 0.15) is 5.75 Å². The lowest BCUT2D eigenvalue weighted by Crippen LogP contribution is -2.06. The Morgan fingerprint density at radius 1 is 0.923 bits per heavy atom. The molecule has 1 aliphatic carbocycles. The van der Waals surface area contributed by atoms with E-state index in [1.54, 1.807) is 0 Å². The summed E-state index contributed by atoms with van der Waals surface area (Å²) in [6.45, 7) is 0.494. The second kappa shape index (κ2) is 11.0. The minimum absolute atomic E-state index is 0.262. The molecular weight excluding hydrogens is 488 g/mol. The van der Waals surface area contributed by atoms with Crippen LogP contribution in [-0.4, -0.2) is 27.8 Å². The Bertz CT molecular complexity index is 1680. The summed E-state index contributed by atoms with van der Waals surface area (Å²) < 4.78 is 11.4. The molecule has 6 heteroatoms. The van der Waals surface area contributed by atoms with Gasteiger partial charge in [0.15, 0.2) is 0 Å². The summed E-state index contributed by atoms with van der Waals surface area (Å²) >= 11 is 0. The third-order valence-corrected chi connectivity index (χ3v) is 7.42. The molecule has 0 amide bonds. The summed E-state index contributed by atoms with van der Waals surface area (Å²) in [5.74, 6) is 1.11. The topological polar surface area (TPSA) is 84.4 Å². The average molecular weight is 519 g/mol. The van der Waals surface area contributed by atoms with Crippen LogP contribution in [0.25, 0.3) is 38.4 Å². The normalized spacial score (nSPS) is 13.4. The lowest BCUT2D eigenvalue weighted by atomic mass is 9.89. The third kappa shape index (κ3) is 5.10. The maximum atomic E-state index is 11.6. The molecule has 196 valence electrons. The van der Waals surface area contributed by atoms with Crippen molar-refractivity contribution in [3.8, 4) is 22.8 Å². The fourth-order valence-corrected chi connectivity index (χ4v) is 5.62. The van der Waals surface area contributed by atoms with Gasteiger partial charge in [-0.05, 0) is 67.2 Å². The predicted octanol–water partition coefficient (Wildman–Crippen LogP) is 8.41. The summed E-state index contributed by atoms with van der Waals surface area (Å²) in [7, 11) is 0. The molecule has 39 heavy (non-hydrogen) atoms. The van der Waals surface area contributed by atoms with Gasteiger partial charge in [-0.3, -0.25) is 4.98 Å². The van der Waals surface area contributed by atoms with Crippen LogP contribution in [0.3, 0.4) is 0 Å². The molecule has 2 N–H and O–H groups in total. The van der Waals surface area contributed by atoms with Gasteiger partial charge in [0.2, 0.25) is 5.88 Å². The number of hydrogen-bond donors (Lipinski definition) is 2. The third-order valence-electron chi connectivity index (χ3n) is 7.42. The summed E-state index contributed by atoms with van der Waals surface area (Å²) in [6.07, 6.45) is 10.6. The lowest BCUT2D eigenvalue weighted by Gasteiger charge is -2.17. The highest BCUT2D eigenvalue weighted by molar-refractivity contribution is 6.00. The van der Waals surface area contributed by atoms with Gasteiger partial charge in [0.05, 0.1) is 12.1 Å². The second-order valence-corrected chi connectivity index (χ2v) is 9.85. The van der Waals surface area contributed by atoms with Gasteiger partial charge in [0.25, 0.3) is 0 Å². The number of benzene rings is 3. The molecule has 0 radical (unpaired) electrons. The fraction of sp³-hybridized carbons (Fsp3) is 0.212. The molecule has 0 saturated carbocycles. The fourth-order valence-electron chi connectivity index (χ4n) is 5.62. The van der Waals surface area contributed by atoms with E-state index < -0.39 is 6.16 Å². The van der Waals surface area contributed by atoms with Crippen molar-refractivity contribution in [1.82, 2.24) is 9.97 Å². The first-order valence-electron chi connectivity index (χ1n) is 13.5. The van der Waals surface area contributed by atoms with Gasteiger partial charge >= 0.3 is 6.16 Å². The van der Waals surface area contributed by atoms with Crippen molar-refractivity contribution in [2.24, 2.45) is 0 Å². The highest BCUT2D eigenvalue weighted by Gasteiger charge is 2.20. The van der Waals surface area contributed by atoms with Crippen LogP contribution in [0.5, 0.6) is 11.6 Å². The number of carbonyl (C=O) groups is 1. The Hall–Kier alpha value is -4.58. The molecule has 2 heterocycles. The number of rotatable bonds is 8. The molecule has 0 aliphatic heterocycles. The van der Waals surface area contributed by atoms with Crippen LogP contribution in [-0.2, 0) is 6.42 Å². The Morgan fingerprint density at radius 2 is 1.77 bits per heavy atom. The summed E-state index contributed by atoms with van der Waals surface area (Å²) in [4.78, 5) is 19.3. The van der Waals surface area contributed by atoms with Crippen molar-refractivity contribution in [3.05, 3.63) is 96.3 Å². The highest BCUT2D eigenvalue weighted by Crippen LogP contribution is 2.39. The van der Waals surface area contributed by atoms with Crippen molar-refractivity contribution in [3.63, 3.8) is 0 Å². The first-order valence-corrected chi connectivity index (χ1v) is 13.5. The van der Waals surface area contributed by atoms with E-state index in [1.807, 2.05) is 48.8 Å². The minimum Gasteiger partial charge on any atom is -0.493 e. The highest BCUT2D eigenvalue weighted by atomic mass is 16.7. The lowest BCUT2D eigenvalue weighted by molar-refractivity contribution is 0.142. The van der Waals surface area contributed by atoms with Crippen LogP contribution < -0.4 is 9.47 Å². The Labute approximate surface area is 226 Å².